The molecule has 0 aliphatic rings. The van der Waals surface area contributed by atoms with Crippen molar-refractivity contribution in [2.45, 2.75) is 30.9 Å². The van der Waals surface area contributed by atoms with Gasteiger partial charge in [0.1, 0.15) is 5.52 Å². The van der Waals surface area contributed by atoms with Crippen LogP contribution < -0.4 is 10.6 Å². The standard InChI is InChI=1S/C26H23N3O5S/c1-16(24(31)28-20-13-11-19(12-14-20)27-17(2)30)33-25(32)21-8-4-3-7-18(21)15-35-26-29-22-9-5-6-10-23(22)34-26/h3-14,16H,15H2,1-2H3,(H,27,30)(H,28,31). The highest BCUT2D eigenvalue weighted by atomic mass is 32.2. The van der Waals surface area contributed by atoms with Gasteiger partial charge in [-0.2, -0.15) is 0 Å². The molecule has 0 bridgehead atoms. The SMILES string of the molecule is CC(=O)Nc1ccc(NC(=O)C(C)OC(=O)c2ccccc2CSc2nc3ccccc3o2)cc1. The van der Waals surface area contributed by atoms with E-state index in [1.807, 2.05) is 36.4 Å². The highest BCUT2D eigenvalue weighted by Crippen LogP contribution is 2.27. The van der Waals surface area contributed by atoms with Crippen LogP contribution in [0, 0.1) is 0 Å². The fourth-order valence-corrected chi connectivity index (χ4v) is 4.10. The summed E-state index contributed by atoms with van der Waals surface area (Å²) in [5.41, 5.74) is 3.71. The Balaban J connectivity index is 1.36. The minimum atomic E-state index is -1.02. The maximum absolute atomic E-state index is 12.8. The number of nitrogens with one attached hydrogen (secondary N) is 2. The first-order valence-electron chi connectivity index (χ1n) is 10.8. The van der Waals surface area contributed by atoms with E-state index in [0.717, 1.165) is 11.1 Å². The molecule has 0 aliphatic carbocycles. The van der Waals surface area contributed by atoms with Crippen molar-refractivity contribution < 1.29 is 23.5 Å². The molecule has 0 saturated carbocycles. The van der Waals surface area contributed by atoms with E-state index in [1.165, 1.54) is 25.6 Å². The van der Waals surface area contributed by atoms with E-state index in [4.69, 9.17) is 9.15 Å². The van der Waals surface area contributed by atoms with E-state index in [-0.39, 0.29) is 5.91 Å². The summed E-state index contributed by atoms with van der Waals surface area (Å²) in [7, 11) is 0. The molecule has 4 aromatic rings. The van der Waals surface area contributed by atoms with Crippen molar-refractivity contribution >= 4 is 52.0 Å². The number of benzene rings is 3. The van der Waals surface area contributed by atoms with Crippen LogP contribution in [0.3, 0.4) is 0 Å². The Morgan fingerprint density at radius 3 is 2.31 bits per heavy atom. The van der Waals surface area contributed by atoms with Crippen LogP contribution in [0.2, 0.25) is 0 Å². The molecule has 1 unspecified atom stereocenters. The molecule has 1 heterocycles. The Bertz CT molecular complexity index is 1330. The maximum Gasteiger partial charge on any atom is 0.339 e. The summed E-state index contributed by atoms with van der Waals surface area (Å²) < 4.78 is 11.2. The summed E-state index contributed by atoms with van der Waals surface area (Å²) in [5.74, 6) is -0.805. The zero-order chi connectivity index (χ0) is 24.8. The topological polar surface area (TPSA) is 111 Å². The number of hydrogen-bond donors (Lipinski definition) is 2. The van der Waals surface area contributed by atoms with Crippen molar-refractivity contribution in [3.05, 3.63) is 83.9 Å². The lowest BCUT2D eigenvalue weighted by Gasteiger charge is -2.15. The van der Waals surface area contributed by atoms with Crippen LogP contribution in [0.25, 0.3) is 11.1 Å². The monoisotopic (exact) mass is 489 g/mol. The Morgan fingerprint density at radius 1 is 0.943 bits per heavy atom. The summed E-state index contributed by atoms with van der Waals surface area (Å²) in [6, 6.07) is 21.2. The number of aromatic nitrogens is 1. The van der Waals surface area contributed by atoms with Crippen LogP contribution >= 0.6 is 11.8 Å². The Hall–Kier alpha value is -4.11. The summed E-state index contributed by atoms with van der Waals surface area (Å²) in [4.78, 5) is 40.9. The fourth-order valence-electron chi connectivity index (χ4n) is 3.26. The van der Waals surface area contributed by atoms with Gasteiger partial charge >= 0.3 is 5.97 Å². The lowest BCUT2D eigenvalue weighted by Crippen LogP contribution is -2.30. The third-order valence-electron chi connectivity index (χ3n) is 4.99. The van der Waals surface area contributed by atoms with E-state index in [1.54, 1.807) is 36.4 Å². The van der Waals surface area contributed by atoms with Gasteiger partial charge in [0.05, 0.1) is 5.56 Å². The van der Waals surface area contributed by atoms with E-state index in [2.05, 4.69) is 15.6 Å². The molecule has 1 aromatic heterocycles. The van der Waals surface area contributed by atoms with Gasteiger partial charge in [-0.15, -0.1) is 0 Å². The number of rotatable bonds is 8. The molecule has 0 spiro atoms. The highest BCUT2D eigenvalue weighted by Gasteiger charge is 2.21. The van der Waals surface area contributed by atoms with Crippen LogP contribution in [-0.4, -0.2) is 28.9 Å². The van der Waals surface area contributed by atoms with Gasteiger partial charge in [0.15, 0.2) is 11.7 Å². The number of hydrogen-bond acceptors (Lipinski definition) is 7. The lowest BCUT2D eigenvalue weighted by molar-refractivity contribution is -0.123. The number of carbonyl (C=O) groups excluding carboxylic acids is 3. The molecule has 0 radical (unpaired) electrons. The van der Waals surface area contributed by atoms with Crippen molar-refractivity contribution in [2.24, 2.45) is 0 Å². The number of fused-ring (bicyclic) bond motifs is 1. The number of esters is 1. The first-order valence-corrected chi connectivity index (χ1v) is 11.8. The largest absolute Gasteiger partial charge is 0.449 e. The van der Waals surface area contributed by atoms with Crippen molar-refractivity contribution in [2.75, 3.05) is 10.6 Å². The van der Waals surface area contributed by atoms with Crippen LogP contribution in [0.5, 0.6) is 0 Å². The molecule has 35 heavy (non-hydrogen) atoms. The Kier molecular flexibility index (Phi) is 7.47. The van der Waals surface area contributed by atoms with E-state index in [9.17, 15) is 14.4 Å². The summed E-state index contributed by atoms with van der Waals surface area (Å²) in [6.07, 6.45) is -1.02. The van der Waals surface area contributed by atoms with Gasteiger partial charge in [-0.3, -0.25) is 9.59 Å². The number of carbonyl (C=O) groups is 3. The molecule has 9 heteroatoms. The molecule has 2 N–H and O–H groups in total. The lowest BCUT2D eigenvalue weighted by atomic mass is 10.1. The van der Waals surface area contributed by atoms with Crippen molar-refractivity contribution in [1.82, 2.24) is 4.98 Å². The fraction of sp³-hybridized carbons (Fsp3) is 0.154. The number of ether oxygens (including phenoxy) is 1. The molecule has 0 fully saturated rings. The van der Waals surface area contributed by atoms with Gasteiger partial charge in [-0.25, -0.2) is 9.78 Å². The van der Waals surface area contributed by atoms with Gasteiger partial charge in [-0.05, 0) is 55.0 Å². The third kappa shape index (κ3) is 6.27. The zero-order valence-electron chi connectivity index (χ0n) is 19.1. The van der Waals surface area contributed by atoms with E-state index in [0.29, 0.717) is 33.5 Å². The number of thioether (sulfide) groups is 1. The molecule has 178 valence electrons. The Labute approximate surface area is 206 Å². The summed E-state index contributed by atoms with van der Waals surface area (Å²) in [6.45, 7) is 2.92. The zero-order valence-corrected chi connectivity index (χ0v) is 19.9. The van der Waals surface area contributed by atoms with Crippen molar-refractivity contribution in [1.29, 1.82) is 0 Å². The molecule has 2 amide bonds. The first kappa shape index (κ1) is 24.0. The highest BCUT2D eigenvalue weighted by molar-refractivity contribution is 7.98. The average molecular weight is 490 g/mol. The third-order valence-corrected chi connectivity index (χ3v) is 5.87. The van der Waals surface area contributed by atoms with Crippen LogP contribution in [0.4, 0.5) is 11.4 Å². The van der Waals surface area contributed by atoms with Crippen molar-refractivity contribution in [3.63, 3.8) is 0 Å². The van der Waals surface area contributed by atoms with Gasteiger partial charge in [0.25, 0.3) is 11.1 Å². The minimum Gasteiger partial charge on any atom is -0.449 e. The first-order chi connectivity index (χ1) is 16.9. The number of nitrogens with zero attached hydrogens (tertiary/aromatic N) is 1. The van der Waals surface area contributed by atoms with Gasteiger partial charge < -0.3 is 19.8 Å². The number of amides is 2. The second kappa shape index (κ2) is 10.9. The molecule has 1 atom stereocenters. The number of oxazole rings is 1. The predicted octanol–water partition coefficient (Wildman–Crippen LogP) is 5.26. The van der Waals surface area contributed by atoms with Gasteiger partial charge in [0.2, 0.25) is 5.91 Å². The molecular formula is C26H23N3O5S. The van der Waals surface area contributed by atoms with Crippen LogP contribution in [0.15, 0.2) is 82.4 Å². The Morgan fingerprint density at radius 2 is 1.60 bits per heavy atom. The summed E-state index contributed by atoms with van der Waals surface area (Å²) >= 11 is 1.37. The van der Waals surface area contributed by atoms with E-state index < -0.39 is 18.0 Å². The summed E-state index contributed by atoms with van der Waals surface area (Å²) in [5, 5.41) is 5.86. The quantitative estimate of drug-likeness (QED) is 0.256. The molecular weight excluding hydrogens is 466 g/mol. The van der Waals surface area contributed by atoms with E-state index >= 15 is 0 Å². The van der Waals surface area contributed by atoms with Crippen LogP contribution in [0.1, 0.15) is 29.8 Å². The molecule has 0 saturated heterocycles. The molecule has 4 rings (SSSR count). The second-order valence-corrected chi connectivity index (χ2v) is 8.62. The second-order valence-electron chi connectivity index (χ2n) is 7.69. The maximum atomic E-state index is 12.8. The molecule has 8 nitrogen and oxygen atoms in total. The minimum absolute atomic E-state index is 0.185. The van der Waals surface area contributed by atoms with Crippen LogP contribution in [-0.2, 0) is 20.1 Å². The average Bonchev–Trinajstić information content (AvgIpc) is 3.27. The number of anilines is 2. The molecule has 3 aromatic carbocycles. The van der Waals surface area contributed by atoms with Crippen molar-refractivity contribution in [3.8, 4) is 0 Å². The van der Waals surface area contributed by atoms with Gasteiger partial charge in [0, 0.05) is 24.1 Å². The smallest absolute Gasteiger partial charge is 0.339 e. The van der Waals surface area contributed by atoms with Gasteiger partial charge in [-0.1, -0.05) is 42.1 Å². The number of para-hydroxylation sites is 2. The normalized spacial score (nSPS) is 11.6. The molecule has 0 aliphatic heterocycles. The predicted molar refractivity (Wildman–Crippen MR) is 134 cm³/mol.